The highest BCUT2D eigenvalue weighted by molar-refractivity contribution is 5.94. The maximum absolute atomic E-state index is 12.8. The first-order valence-corrected chi connectivity index (χ1v) is 7.31. The van der Waals surface area contributed by atoms with Crippen molar-refractivity contribution in [1.29, 1.82) is 0 Å². The van der Waals surface area contributed by atoms with Gasteiger partial charge in [0.1, 0.15) is 11.3 Å². The zero-order valence-electron chi connectivity index (χ0n) is 13.1. The van der Waals surface area contributed by atoms with E-state index in [1.165, 1.54) is 0 Å². The summed E-state index contributed by atoms with van der Waals surface area (Å²) in [6.45, 7) is 4.47. The second-order valence-electron chi connectivity index (χ2n) is 5.58. The van der Waals surface area contributed by atoms with E-state index in [0.717, 1.165) is 22.5 Å². The lowest BCUT2D eigenvalue weighted by Crippen LogP contribution is -2.28. The van der Waals surface area contributed by atoms with Gasteiger partial charge in [-0.15, -0.1) is 0 Å². The van der Waals surface area contributed by atoms with Gasteiger partial charge in [-0.3, -0.25) is 9.20 Å². The minimum absolute atomic E-state index is 0.0144. The molecule has 3 rings (SSSR count). The number of fused-ring (bicyclic) bond motifs is 1. The van der Waals surface area contributed by atoms with Crippen LogP contribution in [0.15, 0.2) is 48.7 Å². The summed E-state index contributed by atoms with van der Waals surface area (Å²) < 4.78 is 1.88. The maximum Gasteiger partial charge on any atom is 0.272 e. The Balaban J connectivity index is 1.95. The SMILES string of the molecule is Cc1nc2c(C)cccn2c1C(=O)N(C)Cc1ccccc1. The molecule has 0 aliphatic carbocycles. The Morgan fingerprint density at radius 3 is 2.59 bits per heavy atom. The molecule has 4 nitrogen and oxygen atoms in total. The van der Waals surface area contributed by atoms with E-state index < -0.39 is 0 Å². The molecule has 22 heavy (non-hydrogen) atoms. The van der Waals surface area contributed by atoms with E-state index in [2.05, 4.69) is 4.98 Å². The molecule has 1 aromatic carbocycles. The molecule has 0 N–H and O–H groups in total. The van der Waals surface area contributed by atoms with Gasteiger partial charge in [0.25, 0.3) is 5.91 Å². The third-order valence-electron chi connectivity index (χ3n) is 3.83. The van der Waals surface area contributed by atoms with Crippen molar-refractivity contribution in [2.45, 2.75) is 20.4 Å². The summed E-state index contributed by atoms with van der Waals surface area (Å²) >= 11 is 0. The molecular weight excluding hydrogens is 274 g/mol. The first-order valence-electron chi connectivity index (χ1n) is 7.31. The second kappa shape index (κ2) is 5.64. The number of imidazole rings is 1. The van der Waals surface area contributed by atoms with Crippen LogP contribution in [0.2, 0.25) is 0 Å². The summed E-state index contributed by atoms with van der Waals surface area (Å²) in [6.07, 6.45) is 1.89. The van der Waals surface area contributed by atoms with E-state index in [4.69, 9.17) is 0 Å². The Bertz CT molecular complexity index is 821. The summed E-state index contributed by atoms with van der Waals surface area (Å²) in [5.41, 5.74) is 4.42. The largest absolute Gasteiger partial charge is 0.336 e. The summed E-state index contributed by atoms with van der Waals surface area (Å²) in [5.74, 6) is -0.0144. The van der Waals surface area contributed by atoms with Gasteiger partial charge in [-0.1, -0.05) is 36.4 Å². The molecule has 0 radical (unpaired) electrons. The van der Waals surface area contributed by atoms with Crippen LogP contribution in [0.3, 0.4) is 0 Å². The predicted octanol–water partition coefficient (Wildman–Crippen LogP) is 3.22. The molecule has 0 spiro atoms. The summed E-state index contributed by atoms with van der Waals surface area (Å²) in [6, 6.07) is 13.9. The highest BCUT2D eigenvalue weighted by Gasteiger charge is 2.20. The predicted molar refractivity (Wildman–Crippen MR) is 86.9 cm³/mol. The standard InChI is InChI=1S/C18H19N3O/c1-13-8-7-11-21-16(14(2)19-17(13)21)18(22)20(3)12-15-9-5-4-6-10-15/h4-11H,12H2,1-3H3. The Hall–Kier alpha value is -2.62. The Labute approximate surface area is 130 Å². The highest BCUT2D eigenvalue weighted by atomic mass is 16.2. The first kappa shape index (κ1) is 14.3. The van der Waals surface area contributed by atoms with E-state index in [9.17, 15) is 4.79 Å². The molecule has 4 heteroatoms. The lowest BCUT2D eigenvalue weighted by atomic mass is 10.2. The van der Waals surface area contributed by atoms with Crippen molar-refractivity contribution in [3.63, 3.8) is 0 Å². The van der Waals surface area contributed by atoms with Crippen molar-refractivity contribution in [3.8, 4) is 0 Å². The molecule has 0 unspecified atom stereocenters. The molecule has 0 saturated carbocycles. The van der Waals surface area contributed by atoms with E-state index in [-0.39, 0.29) is 5.91 Å². The first-order chi connectivity index (χ1) is 10.6. The zero-order valence-corrected chi connectivity index (χ0v) is 13.1. The molecular formula is C18H19N3O. The van der Waals surface area contributed by atoms with Crippen LogP contribution in [-0.2, 0) is 6.54 Å². The van der Waals surface area contributed by atoms with Crippen molar-refractivity contribution < 1.29 is 4.79 Å². The lowest BCUT2D eigenvalue weighted by Gasteiger charge is -2.17. The van der Waals surface area contributed by atoms with E-state index in [1.807, 2.05) is 74.0 Å². The number of amides is 1. The van der Waals surface area contributed by atoms with Gasteiger partial charge in [0.05, 0.1) is 5.69 Å². The van der Waals surface area contributed by atoms with Crippen LogP contribution >= 0.6 is 0 Å². The molecule has 0 aliphatic heterocycles. The normalized spacial score (nSPS) is 10.9. The number of hydrogen-bond acceptors (Lipinski definition) is 2. The third kappa shape index (κ3) is 2.48. The molecule has 2 heterocycles. The van der Waals surface area contributed by atoms with E-state index in [0.29, 0.717) is 12.2 Å². The van der Waals surface area contributed by atoms with Crippen LogP contribution in [0, 0.1) is 13.8 Å². The average molecular weight is 293 g/mol. The topological polar surface area (TPSA) is 37.6 Å². The molecule has 1 amide bonds. The van der Waals surface area contributed by atoms with Gasteiger partial charge in [-0.05, 0) is 31.0 Å². The molecule has 0 atom stereocenters. The monoisotopic (exact) mass is 293 g/mol. The molecule has 0 aliphatic rings. The Kier molecular flexibility index (Phi) is 3.67. The average Bonchev–Trinajstić information content (AvgIpc) is 2.85. The molecule has 0 saturated heterocycles. The van der Waals surface area contributed by atoms with Crippen molar-refractivity contribution in [2.24, 2.45) is 0 Å². The minimum Gasteiger partial charge on any atom is -0.336 e. The number of benzene rings is 1. The minimum atomic E-state index is -0.0144. The summed E-state index contributed by atoms with van der Waals surface area (Å²) in [5, 5.41) is 0. The van der Waals surface area contributed by atoms with Crippen LogP contribution < -0.4 is 0 Å². The number of rotatable bonds is 3. The summed E-state index contributed by atoms with van der Waals surface area (Å²) in [7, 11) is 1.82. The quantitative estimate of drug-likeness (QED) is 0.743. The molecule has 0 fully saturated rings. The highest BCUT2D eigenvalue weighted by Crippen LogP contribution is 2.17. The number of aromatic nitrogens is 2. The molecule has 3 aromatic rings. The van der Waals surface area contributed by atoms with E-state index in [1.54, 1.807) is 4.90 Å². The fourth-order valence-corrected chi connectivity index (χ4v) is 2.68. The van der Waals surface area contributed by atoms with Gasteiger partial charge in [-0.25, -0.2) is 4.98 Å². The van der Waals surface area contributed by atoms with Crippen molar-refractivity contribution >= 4 is 11.6 Å². The maximum atomic E-state index is 12.8. The van der Waals surface area contributed by atoms with Crippen LogP contribution in [-0.4, -0.2) is 27.2 Å². The molecule has 2 aromatic heterocycles. The third-order valence-corrected chi connectivity index (χ3v) is 3.83. The number of aryl methyl sites for hydroxylation is 2. The second-order valence-corrected chi connectivity index (χ2v) is 5.58. The van der Waals surface area contributed by atoms with Crippen LogP contribution in [0.25, 0.3) is 5.65 Å². The fourth-order valence-electron chi connectivity index (χ4n) is 2.68. The lowest BCUT2D eigenvalue weighted by molar-refractivity contribution is 0.0777. The Morgan fingerprint density at radius 1 is 1.14 bits per heavy atom. The molecule has 0 bridgehead atoms. The van der Waals surface area contributed by atoms with Crippen LogP contribution in [0.4, 0.5) is 0 Å². The number of pyridine rings is 1. The van der Waals surface area contributed by atoms with Gasteiger partial charge in [-0.2, -0.15) is 0 Å². The van der Waals surface area contributed by atoms with Gasteiger partial charge in [0.2, 0.25) is 0 Å². The van der Waals surface area contributed by atoms with Crippen molar-refractivity contribution in [1.82, 2.24) is 14.3 Å². The van der Waals surface area contributed by atoms with E-state index >= 15 is 0 Å². The van der Waals surface area contributed by atoms with Gasteiger partial charge >= 0.3 is 0 Å². The summed E-state index contributed by atoms with van der Waals surface area (Å²) in [4.78, 5) is 19.1. The van der Waals surface area contributed by atoms with Gasteiger partial charge in [0.15, 0.2) is 0 Å². The van der Waals surface area contributed by atoms with Crippen molar-refractivity contribution in [2.75, 3.05) is 7.05 Å². The van der Waals surface area contributed by atoms with Crippen LogP contribution in [0.1, 0.15) is 27.3 Å². The van der Waals surface area contributed by atoms with Crippen LogP contribution in [0.5, 0.6) is 0 Å². The van der Waals surface area contributed by atoms with Gasteiger partial charge in [0, 0.05) is 19.8 Å². The zero-order chi connectivity index (χ0) is 15.7. The molecule has 112 valence electrons. The fraction of sp³-hybridized carbons (Fsp3) is 0.222. The number of nitrogens with zero attached hydrogens (tertiary/aromatic N) is 3. The number of hydrogen-bond donors (Lipinski definition) is 0. The van der Waals surface area contributed by atoms with Gasteiger partial charge < -0.3 is 4.90 Å². The number of carbonyl (C=O) groups excluding carboxylic acids is 1. The Morgan fingerprint density at radius 2 is 1.86 bits per heavy atom. The van der Waals surface area contributed by atoms with Crippen molar-refractivity contribution in [3.05, 3.63) is 71.2 Å². The smallest absolute Gasteiger partial charge is 0.272 e. The number of carbonyl (C=O) groups is 1.